The molecule has 3 heteroatoms. The number of rotatable bonds is 2. The Morgan fingerprint density at radius 3 is 2.25 bits per heavy atom. The Labute approximate surface area is 94.1 Å². The standard InChI is InChI=1S/C13H15FO2/c14-11-6-4-10(5-7-11)12(15)13(16)8-2-1-3-9-13/h4-7,16H,1-3,8-9H2. The molecule has 0 bridgehead atoms. The van der Waals surface area contributed by atoms with Gasteiger partial charge in [-0.05, 0) is 37.1 Å². The molecule has 0 heterocycles. The zero-order chi connectivity index (χ0) is 11.6. The largest absolute Gasteiger partial charge is 0.382 e. The van der Waals surface area contributed by atoms with Gasteiger partial charge in [0.05, 0.1) is 0 Å². The van der Waals surface area contributed by atoms with E-state index in [-0.39, 0.29) is 11.6 Å². The average molecular weight is 222 g/mol. The van der Waals surface area contributed by atoms with Crippen LogP contribution in [0.1, 0.15) is 42.5 Å². The van der Waals surface area contributed by atoms with E-state index in [0.717, 1.165) is 19.3 Å². The number of hydrogen-bond acceptors (Lipinski definition) is 2. The van der Waals surface area contributed by atoms with Crippen LogP contribution in [-0.2, 0) is 0 Å². The molecule has 16 heavy (non-hydrogen) atoms. The monoisotopic (exact) mass is 222 g/mol. The predicted molar refractivity (Wildman–Crippen MR) is 58.8 cm³/mol. The first-order valence-corrected chi connectivity index (χ1v) is 5.65. The van der Waals surface area contributed by atoms with Gasteiger partial charge in [-0.1, -0.05) is 19.3 Å². The van der Waals surface area contributed by atoms with Crippen molar-refractivity contribution in [2.45, 2.75) is 37.7 Å². The summed E-state index contributed by atoms with van der Waals surface area (Å²) in [5.74, 6) is -0.639. The van der Waals surface area contributed by atoms with Crippen molar-refractivity contribution in [3.05, 3.63) is 35.6 Å². The maximum atomic E-state index is 12.7. The number of hydrogen-bond donors (Lipinski definition) is 1. The Morgan fingerprint density at radius 1 is 1.12 bits per heavy atom. The SMILES string of the molecule is O=C(c1ccc(F)cc1)C1(O)CCCCC1. The summed E-state index contributed by atoms with van der Waals surface area (Å²) in [6.45, 7) is 0. The third kappa shape index (κ3) is 2.14. The van der Waals surface area contributed by atoms with Crippen LogP contribution in [0, 0.1) is 5.82 Å². The van der Waals surface area contributed by atoms with Gasteiger partial charge in [-0.25, -0.2) is 4.39 Å². The highest BCUT2D eigenvalue weighted by molar-refractivity contribution is 6.02. The second-order valence-corrected chi connectivity index (χ2v) is 4.43. The summed E-state index contributed by atoms with van der Waals surface area (Å²) in [5, 5.41) is 10.2. The van der Waals surface area contributed by atoms with Gasteiger partial charge in [0, 0.05) is 5.56 Å². The van der Waals surface area contributed by atoms with Crippen LogP contribution in [0.2, 0.25) is 0 Å². The summed E-state index contributed by atoms with van der Waals surface area (Å²) in [6, 6.07) is 5.37. The first-order valence-electron chi connectivity index (χ1n) is 5.65. The first kappa shape index (κ1) is 11.3. The molecule has 1 aromatic carbocycles. The highest BCUT2D eigenvalue weighted by Crippen LogP contribution is 2.31. The van der Waals surface area contributed by atoms with E-state index >= 15 is 0 Å². The van der Waals surface area contributed by atoms with E-state index < -0.39 is 5.60 Å². The van der Waals surface area contributed by atoms with Gasteiger partial charge in [0.2, 0.25) is 0 Å². The molecular formula is C13H15FO2. The van der Waals surface area contributed by atoms with Gasteiger partial charge in [0.15, 0.2) is 5.78 Å². The molecule has 0 amide bonds. The van der Waals surface area contributed by atoms with E-state index in [4.69, 9.17) is 0 Å². The minimum absolute atomic E-state index is 0.271. The molecule has 1 N–H and O–H groups in total. The fourth-order valence-corrected chi connectivity index (χ4v) is 2.23. The molecule has 0 aromatic heterocycles. The highest BCUT2D eigenvalue weighted by Gasteiger charge is 2.37. The lowest BCUT2D eigenvalue weighted by Gasteiger charge is -2.30. The topological polar surface area (TPSA) is 37.3 Å². The van der Waals surface area contributed by atoms with Crippen LogP contribution in [0.5, 0.6) is 0 Å². The van der Waals surface area contributed by atoms with E-state index in [9.17, 15) is 14.3 Å². The number of ketones is 1. The number of aliphatic hydroxyl groups is 1. The summed E-state index contributed by atoms with van der Waals surface area (Å²) in [5.41, 5.74) is -0.832. The van der Waals surface area contributed by atoms with Crippen LogP contribution in [0.3, 0.4) is 0 Å². The number of benzene rings is 1. The van der Waals surface area contributed by atoms with Crippen molar-refractivity contribution in [1.82, 2.24) is 0 Å². The van der Waals surface area contributed by atoms with Crippen molar-refractivity contribution in [2.75, 3.05) is 0 Å². The second kappa shape index (κ2) is 4.34. The summed E-state index contributed by atoms with van der Waals surface area (Å²) in [6.07, 6.45) is 3.86. The van der Waals surface area contributed by atoms with Crippen LogP contribution in [0.25, 0.3) is 0 Å². The van der Waals surface area contributed by atoms with E-state index in [2.05, 4.69) is 0 Å². The Hall–Kier alpha value is -1.22. The molecule has 2 rings (SSSR count). The normalized spacial score (nSPS) is 19.4. The zero-order valence-corrected chi connectivity index (χ0v) is 9.08. The highest BCUT2D eigenvalue weighted by atomic mass is 19.1. The van der Waals surface area contributed by atoms with Crippen LogP contribution in [0.15, 0.2) is 24.3 Å². The minimum Gasteiger partial charge on any atom is -0.382 e. The Balaban J connectivity index is 2.20. The zero-order valence-electron chi connectivity index (χ0n) is 9.08. The second-order valence-electron chi connectivity index (χ2n) is 4.43. The summed E-state index contributed by atoms with van der Waals surface area (Å²) in [7, 11) is 0. The molecule has 2 nitrogen and oxygen atoms in total. The maximum absolute atomic E-state index is 12.7. The Morgan fingerprint density at radius 2 is 1.69 bits per heavy atom. The van der Waals surface area contributed by atoms with Crippen molar-refractivity contribution in [2.24, 2.45) is 0 Å². The van der Waals surface area contributed by atoms with Gasteiger partial charge < -0.3 is 5.11 Å². The van der Waals surface area contributed by atoms with Crippen LogP contribution >= 0.6 is 0 Å². The van der Waals surface area contributed by atoms with Crippen molar-refractivity contribution in [3.63, 3.8) is 0 Å². The van der Waals surface area contributed by atoms with E-state index in [1.54, 1.807) is 0 Å². The van der Waals surface area contributed by atoms with Crippen LogP contribution < -0.4 is 0 Å². The maximum Gasteiger partial charge on any atom is 0.194 e. The lowest BCUT2D eigenvalue weighted by atomic mass is 9.79. The molecule has 0 spiro atoms. The van der Waals surface area contributed by atoms with E-state index in [0.29, 0.717) is 18.4 Å². The molecular weight excluding hydrogens is 207 g/mol. The predicted octanol–water partition coefficient (Wildman–Crippen LogP) is 2.70. The van der Waals surface area contributed by atoms with Crippen LogP contribution in [0.4, 0.5) is 4.39 Å². The number of carbonyl (C=O) groups is 1. The molecule has 1 aliphatic carbocycles. The quantitative estimate of drug-likeness (QED) is 0.781. The van der Waals surface area contributed by atoms with Gasteiger partial charge in [-0.15, -0.1) is 0 Å². The van der Waals surface area contributed by atoms with Crippen LogP contribution in [-0.4, -0.2) is 16.5 Å². The molecule has 0 atom stereocenters. The third-order valence-electron chi connectivity index (χ3n) is 3.21. The molecule has 1 aromatic rings. The molecule has 86 valence electrons. The molecule has 0 saturated heterocycles. The lowest BCUT2D eigenvalue weighted by molar-refractivity contribution is 0.0116. The summed E-state index contributed by atoms with van der Waals surface area (Å²) < 4.78 is 12.7. The Kier molecular flexibility index (Phi) is 3.06. The number of halogens is 1. The number of Topliss-reactive ketones (excluding diaryl/α,β-unsaturated/α-hetero) is 1. The fourth-order valence-electron chi connectivity index (χ4n) is 2.23. The van der Waals surface area contributed by atoms with E-state index in [1.165, 1.54) is 24.3 Å². The van der Waals surface area contributed by atoms with Crippen molar-refractivity contribution in [1.29, 1.82) is 0 Å². The molecule has 1 aliphatic rings. The smallest absolute Gasteiger partial charge is 0.194 e. The minimum atomic E-state index is -1.23. The van der Waals surface area contributed by atoms with Gasteiger partial charge in [0.1, 0.15) is 11.4 Å². The Bertz CT molecular complexity index is 377. The molecule has 0 aliphatic heterocycles. The van der Waals surface area contributed by atoms with Gasteiger partial charge in [0.25, 0.3) is 0 Å². The summed E-state index contributed by atoms with van der Waals surface area (Å²) >= 11 is 0. The van der Waals surface area contributed by atoms with Crippen molar-refractivity contribution in [3.8, 4) is 0 Å². The van der Waals surface area contributed by atoms with Gasteiger partial charge >= 0.3 is 0 Å². The fraction of sp³-hybridized carbons (Fsp3) is 0.462. The van der Waals surface area contributed by atoms with Gasteiger partial charge in [-0.3, -0.25) is 4.79 Å². The molecule has 0 radical (unpaired) electrons. The first-order chi connectivity index (χ1) is 7.62. The van der Waals surface area contributed by atoms with E-state index in [1.807, 2.05) is 0 Å². The molecule has 1 saturated carbocycles. The van der Waals surface area contributed by atoms with Crippen molar-refractivity contribution < 1.29 is 14.3 Å². The molecule has 0 unspecified atom stereocenters. The van der Waals surface area contributed by atoms with Gasteiger partial charge in [-0.2, -0.15) is 0 Å². The lowest BCUT2D eigenvalue weighted by Crippen LogP contribution is -2.40. The van der Waals surface area contributed by atoms with Crippen molar-refractivity contribution >= 4 is 5.78 Å². The molecule has 1 fully saturated rings. The third-order valence-corrected chi connectivity index (χ3v) is 3.21. The number of carbonyl (C=O) groups excluding carboxylic acids is 1. The summed E-state index contributed by atoms with van der Waals surface area (Å²) in [4.78, 5) is 12.1. The average Bonchev–Trinajstić information content (AvgIpc) is 2.30.